The Bertz CT molecular complexity index is 1760. The molecule has 0 spiro atoms. The van der Waals surface area contributed by atoms with E-state index in [0.717, 1.165) is 54.4 Å². The number of rotatable bonds is 2. The van der Waals surface area contributed by atoms with Crippen LogP contribution >= 0.6 is 0 Å². The molecule has 0 aliphatic rings. The first-order valence-corrected chi connectivity index (χ1v) is 9.90. The molecule has 7 rings (SSSR count). The van der Waals surface area contributed by atoms with E-state index in [2.05, 4.69) is 47.0 Å². The Labute approximate surface area is 170 Å². The summed E-state index contributed by atoms with van der Waals surface area (Å²) in [4.78, 5) is 11.7. The van der Waals surface area contributed by atoms with E-state index in [4.69, 9.17) is 0 Å². The fraction of sp³-hybridized carbons (Fsp3) is 0. The van der Waals surface area contributed by atoms with Crippen molar-refractivity contribution in [3.63, 3.8) is 0 Å². The summed E-state index contributed by atoms with van der Waals surface area (Å²) in [7, 11) is 0. The normalized spacial score (nSPS) is 12.3. The number of benzene rings is 6. The van der Waals surface area contributed by atoms with E-state index < -0.39 is 0 Å². The highest BCUT2D eigenvalue weighted by Crippen LogP contribution is 2.49. The zero-order valence-corrected chi connectivity index (χ0v) is 15.8. The minimum atomic E-state index is -0.258. The standard InChI is InChI=1S/C26H14N2O2/c29-28(30)21-14-11-16-10-13-20-26-23(16)24(21)18-8-4-5-15-9-12-19(25(26)22(15)18)27(20)17-6-2-1-3-7-17/h1-14H. The zero-order chi connectivity index (χ0) is 20.0. The summed E-state index contributed by atoms with van der Waals surface area (Å²) in [6.45, 7) is 0. The summed E-state index contributed by atoms with van der Waals surface area (Å²) in [5.74, 6) is 0. The van der Waals surface area contributed by atoms with Gasteiger partial charge >= 0.3 is 0 Å². The quantitative estimate of drug-likeness (QED) is 0.139. The molecule has 0 fully saturated rings. The molecule has 0 N–H and O–H groups in total. The predicted octanol–water partition coefficient (Wildman–Crippen LogP) is 7.03. The molecule has 4 nitrogen and oxygen atoms in total. The Hall–Kier alpha value is -4.18. The minimum Gasteiger partial charge on any atom is -0.309 e. The van der Waals surface area contributed by atoms with Crippen LogP contribution < -0.4 is 0 Å². The first-order valence-electron chi connectivity index (χ1n) is 9.90. The highest BCUT2D eigenvalue weighted by Gasteiger charge is 2.25. The second kappa shape index (κ2) is 5.24. The summed E-state index contributed by atoms with van der Waals surface area (Å²) in [6, 6.07) is 28.4. The Morgan fingerprint density at radius 3 is 2.00 bits per heavy atom. The molecule has 1 heterocycles. The van der Waals surface area contributed by atoms with E-state index >= 15 is 0 Å². The number of nitro groups is 1. The van der Waals surface area contributed by atoms with Gasteiger partial charge in [0.15, 0.2) is 0 Å². The van der Waals surface area contributed by atoms with E-state index in [0.29, 0.717) is 0 Å². The molecule has 6 aromatic carbocycles. The summed E-state index contributed by atoms with van der Waals surface area (Å²) in [5.41, 5.74) is 3.45. The molecule has 0 saturated carbocycles. The Balaban J connectivity index is 1.90. The first kappa shape index (κ1) is 15.7. The summed E-state index contributed by atoms with van der Waals surface area (Å²) in [6.07, 6.45) is 0. The van der Waals surface area contributed by atoms with Crippen molar-refractivity contribution >= 4 is 59.8 Å². The summed E-state index contributed by atoms with van der Waals surface area (Å²) >= 11 is 0. The van der Waals surface area contributed by atoms with Crippen molar-refractivity contribution < 1.29 is 4.92 Å². The van der Waals surface area contributed by atoms with Crippen LogP contribution in [-0.4, -0.2) is 9.49 Å². The van der Waals surface area contributed by atoms with E-state index in [9.17, 15) is 10.1 Å². The van der Waals surface area contributed by atoms with Crippen LogP contribution in [0.15, 0.2) is 84.9 Å². The second-order valence-corrected chi connectivity index (χ2v) is 7.81. The van der Waals surface area contributed by atoms with Crippen LogP contribution in [0.2, 0.25) is 0 Å². The smallest absolute Gasteiger partial charge is 0.277 e. The van der Waals surface area contributed by atoms with Crippen LogP contribution in [0.5, 0.6) is 0 Å². The van der Waals surface area contributed by atoms with Gasteiger partial charge in [0.1, 0.15) is 0 Å². The number of hydrogen-bond donors (Lipinski definition) is 0. The van der Waals surface area contributed by atoms with Crippen molar-refractivity contribution in [2.45, 2.75) is 0 Å². The lowest BCUT2D eigenvalue weighted by atomic mass is 9.89. The number of nitro benzene ring substituents is 1. The number of hydrogen-bond acceptors (Lipinski definition) is 2. The second-order valence-electron chi connectivity index (χ2n) is 7.81. The largest absolute Gasteiger partial charge is 0.309 e. The zero-order valence-electron chi connectivity index (χ0n) is 15.8. The molecule has 4 heteroatoms. The van der Waals surface area contributed by atoms with Crippen LogP contribution in [0, 0.1) is 10.1 Å². The molecule has 0 bridgehead atoms. The molecule has 0 aliphatic carbocycles. The molecule has 0 radical (unpaired) electrons. The van der Waals surface area contributed by atoms with E-state index in [1.165, 1.54) is 5.39 Å². The van der Waals surface area contributed by atoms with Gasteiger partial charge in [0, 0.05) is 27.9 Å². The molecule has 7 aromatic rings. The van der Waals surface area contributed by atoms with Gasteiger partial charge in [-0.25, -0.2) is 0 Å². The third-order valence-corrected chi connectivity index (χ3v) is 6.38. The topological polar surface area (TPSA) is 48.1 Å². The molecule has 0 amide bonds. The van der Waals surface area contributed by atoms with Crippen LogP contribution in [0.25, 0.3) is 59.8 Å². The maximum Gasteiger partial charge on any atom is 0.277 e. The van der Waals surface area contributed by atoms with E-state index in [1.54, 1.807) is 6.07 Å². The van der Waals surface area contributed by atoms with E-state index in [1.807, 2.05) is 36.4 Å². The number of aromatic nitrogens is 1. The van der Waals surface area contributed by atoms with Gasteiger partial charge in [-0.2, -0.15) is 0 Å². The van der Waals surface area contributed by atoms with Crippen LogP contribution in [0.4, 0.5) is 5.69 Å². The summed E-state index contributed by atoms with van der Waals surface area (Å²) in [5, 5.41) is 20.2. The van der Waals surface area contributed by atoms with Crippen molar-refractivity contribution in [3.05, 3.63) is 95.0 Å². The number of fused-ring (bicyclic) bond motifs is 1. The average Bonchev–Trinajstić information content (AvgIpc) is 3.13. The van der Waals surface area contributed by atoms with Gasteiger partial charge < -0.3 is 4.57 Å². The third-order valence-electron chi connectivity index (χ3n) is 6.38. The van der Waals surface area contributed by atoms with Crippen LogP contribution in [0.3, 0.4) is 0 Å². The van der Waals surface area contributed by atoms with E-state index in [-0.39, 0.29) is 10.6 Å². The molecule has 0 atom stereocenters. The molecule has 0 unspecified atom stereocenters. The van der Waals surface area contributed by atoms with Crippen molar-refractivity contribution in [1.29, 1.82) is 0 Å². The fourth-order valence-electron chi connectivity index (χ4n) is 5.26. The van der Waals surface area contributed by atoms with Crippen molar-refractivity contribution in [1.82, 2.24) is 4.57 Å². The van der Waals surface area contributed by atoms with Gasteiger partial charge in [0.05, 0.1) is 21.3 Å². The van der Waals surface area contributed by atoms with Gasteiger partial charge in [-0.1, -0.05) is 48.5 Å². The Morgan fingerprint density at radius 1 is 0.600 bits per heavy atom. The Kier molecular flexibility index (Phi) is 2.75. The molecular formula is C26H14N2O2. The van der Waals surface area contributed by atoms with Crippen molar-refractivity contribution in [3.8, 4) is 5.69 Å². The maximum atomic E-state index is 12.0. The van der Waals surface area contributed by atoms with Crippen LogP contribution in [0.1, 0.15) is 0 Å². The van der Waals surface area contributed by atoms with Gasteiger partial charge in [0.25, 0.3) is 5.69 Å². The molecule has 30 heavy (non-hydrogen) atoms. The molecular weight excluding hydrogens is 372 g/mol. The minimum absolute atomic E-state index is 0.164. The molecule has 1 aromatic heterocycles. The van der Waals surface area contributed by atoms with Crippen molar-refractivity contribution in [2.24, 2.45) is 0 Å². The molecule has 0 aliphatic heterocycles. The maximum absolute atomic E-state index is 12.0. The predicted molar refractivity (Wildman–Crippen MR) is 122 cm³/mol. The van der Waals surface area contributed by atoms with Crippen LogP contribution in [-0.2, 0) is 0 Å². The highest BCUT2D eigenvalue weighted by molar-refractivity contribution is 6.41. The highest BCUT2D eigenvalue weighted by atomic mass is 16.6. The fourth-order valence-corrected chi connectivity index (χ4v) is 5.26. The average molecular weight is 386 g/mol. The Morgan fingerprint density at radius 2 is 1.27 bits per heavy atom. The number of para-hydroxylation sites is 1. The monoisotopic (exact) mass is 386 g/mol. The van der Waals surface area contributed by atoms with Gasteiger partial charge in [-0.3, -0.25) is 10.1 Å². The van der Waals surface area contributed by atoms with Crippen molar-refractivity contribution in [2.75, 3.05) is 0 Å². The first-order chi connectivity index (χ1) is 14.7. The lowest BCUT2D eigenvalue weighted by Crippen LogP contribution is -1.93. The van der Waals surface area contributed by atoms with Gasteiger partial charge in [-0.05, 0) is 51.9 Å². The van der Waals surface area contributed by atoms with Gasteiger partial charge in [-0.15, -0.1) is 0 Å². The lowest BCUT2D eigenvalue weighted by molar-refractivity contribution is -0.383. The molecule has 140 valence electrons. The summed E-state index contributed by atoms with van der Waals surface area (Å²) < 4.78 is 2.27. The third kappa shape index (κ3) is 1.72. The van der Waals surface area contributed by atoms with Gasteiger partial charge in [0.2, 0.25) is 0 Å². The SMILES string of the molecule is O=[N+]([O-])c1ccc2ccc3c4c2c1c1cccc2ccc(c4c21)n3-c1ccccc1. The number of nitrogens with zero attached hydrogens (tertiary/aromatic N) is 2. The number of non-ortho nitro benzene ring substituents is 1. The lowest BCUT2D eigenvalue weighted by Gasteiger charge is -2.12. The molecule has 0 saturated heterocycles.